The van der Waals surface area contributed by atoms with Crippen LogP contribution in [0.1, 0.15) is 6.92 Å². The second kappa shape index (κ2) is 6.17. The van der Waals surface area contributed by atoms with Gasteiger partial charge in [0.25, 0.3) is 5.69 Å². The first-order valence-electron chi connectivity index (χ1n) is 6.06. The van der Waals surface area contributed by atoms with Crippen molar-refractivity contribution in [1.82, 2.24) is 0 Å². The molecule has 0 aliphatic heterocycles. The van der Waals surface area contributed by atoms with Crippen molar-refractivity contribution in [3.05, 3.63) is 58.1 Å². The number of nitrogens with zero attached hydrogens (tertiary/aromatic N) is 1. The van der Waals surface area contributed by atoms with Crippen LogP contribution in [0.15, 0.2) is 36.4 Å². The summed E-state index contributed by atoms with van der Waals surface area (Å²) in [5.74, 6) is -3.10. The molecule has 114 valence electrons. The zero-order valence-corrected chi connectivity index (χ0v) is 11.3. The van der Waals surface area contributed by atoms with E-state index >= 15 is 0 Å². The standard InChI is InChI=1S/C14H10F2N2O4/c1-8(19)17-11-6-10(16)14(7-12(11)18(20)21)22-13-5-3-2-4-9(13)15/h2-7H,1H3,(H,17,19). The second-order valence-corrected chi connectivity index (χ2v) is 4.27. The largest absolute Gasteiger partial charge is 0.451 e. The number of rotatable bonds is 4. The Morgan fingerprint density at radius 1 is 1.18 bits per heavy atom. The zero-order chi connectivity index (χ0) is 16.3. The van der Waals surface area contributed by atoms with Crippen LogP contribution in [0.25, 0.3) is 0 Å². The Morgan fingerprint density at radius 2 is 1.86 bits per heavy atom. The lowest BCUT2D eigenvalue weighted by Crippen LogP contribution is -2.08. The van der Waals surface area contributed by atoms with Crippen molar-refractivity contribution < 1.29 is 23.2 Å². The van der Waals surface area contributed by atoms with Crippen LogP contribution < -0.4 is 10.1 Å². The van der Waals surface area contributed by atoms with Crippen molar-refractivity contribution >= 4 is 17.3 Å². The number of hydrogen-bond acceptors (Lipinski definition) is 4. The SMILES string of the molecule is CC(=O)Nc1cc(F)c(Oc2ccccc2F)cc1[N+](=O)[O-]. The normalized spacial score (nSPS) is 10.1. The number of nitro benzene ring substituents is 1. The molecule has 0 bridgehead atoms. The quantitative estimate of drug-likeness (QED) is 0.691. The Labute approximate surface area is 123 Å². The molecule has 1 N–H and O–H groups in total. The van der Waals surface area contributed by atoms with Crippen LogP contribution in [0.2, 0.25) is 0 Å². The van der Waals surface area contributed by atoms with Crippen molar-refractivity contribution in [2.75, 3.05) is 5.32 Å². The number of halogens is 2. The second-order valence-electron chi connectivity index (χ2n) is 4.27. The first kappa shape index (κ1) is 15.4. The zero-order valence-electron chi connectivity index (χ0n) is 11.3. The smallest absolute Gasteiger partial charge is 0.296 e. The van der Waals surface area contributed by atoms with E-state index in [4.69, 9.17) is 4.74 Å². The molecule has 22 heavy (non-hydrogen) atoms. The highest BCUT2D eigenvalue weighted by molar-refractivity contribution is 5.91. The molecular formula is C14H10F2N2O4. The molecule has 2 rings (SSSR count). The molecule has 0 saturated carbocycles. The van der Waals surface area contributed by atoms with Crippen LogP contribution >= 0.6 is 0 Å². The maximum Gasteiger partial charge on any atom is 0.296 e. The van der Waals surface area contributed by atoms with Gasteiger partial charge in [-0.25, -0.2) is 8.78 Å². The van der Waals surface area contributed by atoms with Crippen LogP contribution in [0.3, 0.4) is 0 Å². The Balaban J connectivity index is 2.45. The summed E-state index contributed by atoms with van der Waals surface area (Å²) in [5, 5.41) is 13.1. The number of nitro groups is 1. The molecule has 0 unspecified atom stereocenters. The number of ether oxygens (including phenoxy) is 1. The minimum atomic E-state index is -0.974. The van der Waals surface area contributed by atoms with Crippen LogP contribution in [-0.2, 0) is 4.79 Å². The fourth-order valence-electron chi connectivity index (χ4n) is 1.71. The van der Waals surface area contributed by atoms with Crippen LogP contribution in [0.5, 0.6) is 11.5 Å². The van der Waals surface area contributed by atoms with Gasteiger partial charge in [0.1, 0.15) is 5.69 Å². The molecule has 0 spiro atoms. The molecule has 1 amide bonds. The monoisotopic (exact) mass is 308 g/mol. The van der Waals surface area contributed by atoms with Crippen LogP contribution in [0, 0.1) is 21.7 Å². The van der Waals surface area contributed by atoms with Crippen LogP contribution in [-0.4, -0.2) is 10.8 Å². The van der Waals surface area contributed by atoms with Gasteiger partial charge in [-0.1, -0.05) is 12.1 Å². The fourth-order valence-corrected chi connectivity index (χ4v) is 1.71. The third-order valence-electron chi connectivity index (χ3n) is 2.61. The number of para-hydroxylation sites is 1. The van der Waals surface area contributed by atoms with Crippen LogP contribution in [0.4, 0.5) is 20.2 Å². The fraction of sp³-hybridized carbons (Fsp3) is 0.0714. The van der Waals surface area contributed by atoms with E-state index in [1.165, 1.54) is 18.2 Å². The number of benzene rings is 2. The first-order valence-corrected chi connectivity index (χ1v) is 6.06. The number of anilines is 1. The molecule has 2 aromatic carbocycles. The molecule has 0 heterocycles. The average molecular weight is 308 g/mol. The van der Waals surface area contributed by atoms with Gasteiger partial charge in [-0.15, -0.1) is 0 Å². The van der Waals surface area contributed by atoms with E-state index in [0.29, 0.717) is 0 Å². The predicted molar refractivity (Wildman–Crippen MR) is 73.8 cm³/mol. The average Bonchev–Trinajstić information content (AvgIpc) is 2.43. The summed E-state index contributed by atoms with van der Waals surface area (Å²) in [6.07, 6.45) is 0. The van der Waals surface area contributed by atoms with E-state index in [9.17, 15) is 23.7 Å². The van der Waals surface area contributed by atoms with Gasteiger partial charge in [-0.05, 0) is 12.1 Å². The number of hydrogen-bond donors (Lipinski definition) is 1. The minimum Gasteiger partial charge on any atom is -0.451 e. The lowest BCUT2D eigenvalue weighted by Gasteiger charge is -2.10. The molecule has 0 fully saturated rings. The van der Waals surface area contributed by atoms with Gasteiger partial charge in [0.2, 0.25) is 5.91 Å². The highest BCUT2D eigenvalue weighted by atomic mass is 19.1. The Kier molecular flexibility index (Phi) is 4.31. The molecule has 8 heteroatoms. The molecule has 0 aromatic heterocycles. The summed E-state index contributed by atoms with van der Waals surface area (Å²) in [7, 11) is 0. The van der Waals surface area contributed by atoms with Gasteiger partial charge in [0.05, 0.1) is 11.0 Å². The third kappa shape index (κ3) is 3.35. The third-order valence-corrected chi connectivity index (χ3v) is 2.61. The van der Waals surface area contributed by atoms with E-state index in [1.54, 1.807) is 0 Å². The lowest BCUT2D eigenvalue weighted by atomic mass is 10.2. The molecule has 2 aromatic rings. The molecule has 0 radical (unpaired) electrons. The first-order chi connectivity index (χ1) is 10.4. The molecule has 0 aliphatic rings. The van der Waals surface area contributed by atoms with E-state index in [2.05, 4.69) is 5.32 Å². The number of nitrogens with one attached hydrogen (secondary N) is 1. The van der Waals surface area contributed by atoms with Gasteiger partial charge in [-0.3, -0.25) is 14.9 Å². The summed E-state index contributed by atoms with van der Waals surface area (Å²) in [4.78, 5) is 21.2. The minimum absolute atomic E-state index is 0.275. The van der Waals surface area contributed by atoms with Crippen molar-refractivity contribution in [2.45, 2.75) is 6.92 Å². The summed E-state index contributed by atoms with van der Waals surface area (Å²) in [6, 6.07) is 6.77. The Morgan fingerprint density at radius 3 is 2.45 bits per heavy atom. The molecule has 0 atom stereocenters. The maximum absolute atomic E-state index is 13.9. The van der Waals surface area contributed by atoms with Gasteiger partial charge < -0.3 is 10.1 Å². The van der Waals surface area contributed by atoms with Gasteiger partial charge in [0, 0.05) is 13.0 Å². The molecular weight excluding hydrogens is 298 g/mol. The topological polar surface area (TPSA) is 81.5 Å². The Hall–Kier alpha value is -3.03. The summed E-state index contributed by atoms with van der Waals surface area (Å²) < 4.78 is 32.4. The highest BCUT2D eigenvalue weighted by Crippen LogP contribution is 2.35. The highest BCUT2D eigenvalue weighted by Gasteiger charge is 2.21. The van der Waals surface area contributed by atoms with Crippen molar-refractivity contribution in [3.8, 4) is 11.5 Å². The van der Waals surface area contributed by atoms with E-state index in [-0.39, 0.29) is 11.4 Å². The van der Waals surface area contributed by atoms with E-state index < -0.39 is 33.9 Å². The van der Waals surface area contributed by atoms with Crippen molar-refractivity contribution in [1.29, 1.82) is 0 Å². The number of carbonyl (C=O) groups excluding carboxylic acids is 1. The maximum atomic E-state index is 13.9. The summed E-state index contributed by atoms with van der Waals surface area (Å²) >= 11 is 0. The molecule has 0 saturated heterocycles. The predicted octanol–water partition coefficient (Wildman–Crippen LogP) is 3.62. The summed E-state index contributed by atoms with van der Waals surface area (Å²) in [5.41, 5.74) is -0.876. The number of amides is 1. The summed E-state index contributed by atoms with van der Waals surface area (Å²) in [6.45, 7) is 1.13. The van der Waals surface area contributed by atoms with E-state index in [1.807, 2.05) is 0 Å². The van der Waals surface area contributed by atoms with Gasteiger partial charge >= 0.3 is 0 Å². The lowest BCUT2D eigenvalue weighted by molar-refractivity contribution is -0.384. The Bertz CT molecular complexity index is 750. The molecule has 6 nitrogen and oxygen atoms in total. The number of carbonyl (C=O) groups is 1. The molecule has 0 aliphatic carbocycles. The van der Waals surface area contributed by atoms with Gasteiger partial charge in [0.15, 0.2) is 23.1 Å². The van der Waals surface area contributed by atoms with Crippen molar-refractivity contribution in [2.24, 2.45) is 0 Å². The van der Waals surface area contributed by atoms with E-state index in [0.717, 1.165) is 25.1 Å². The van der Waals surface area contributed by atoms with Crippen molar-refractivity contribution in [3.63, 3.8) is 0 Å². The van der Waals surface area contributed by atoms with Gasteiger partial charge in [-0.2, -0.15) is 0 Å².